The van der Waals surface area contributed by atoms with Crippen LogP contribution < -0.4 is 0 Å². The van der Waals surface area contributed by atoms with Crippen molar-refractivity contribution in [1.82, 2.24) is 0 Å². The molecule has 2 unspecified atom stereocenters. The summed E-state index contributed by atoms with van der Waals surface area (Å²) in [6, 6.07) is 0. The Balaban J connectivity index is 1.57. The Morgan fingerprint density at radius 1 is 1.62 bits per heavy atom. The number of hydrogen-bond donors (Lipinski definition) is 0. The molecule has 0 amide bonds. The summed E-state index contributed by atoms with van der Waals surface area (Å²) in [6.45, 7) is 3.16. The van der Waals surface area contributed by atoms with Gasteiger partial charge in [-0.25, -0.2) is 4.79 Å². The summed E-state index contributed by atoms with van der Waals surface area (Å²) in [7, 11) is 0. The number of unbranched alkanes of at least 4 members (excludes halogenated alkanes) is 2. The van der Waals surface area contributed by atoms with E-state index in [4.69, 9.17) is 14.2 Å². The molecule has 0 bridgehead atoms. The third-order valence-corrected chi connectivity index (χ3v) is 2.29. The van der Waals surface area contributed by atoms with Gasteiger partial charge in [-0.15, -0.1) is 0 Å². The fraction of sp³-hybridized carbons (Fsp3) is 0.889. The predicted octanol–water partition coefficient (Wildman–Crippen LogP) is 0.845. The Morgan fingerprint density at radius 3 is 2.92 bits per heavy atom. The van der Waals surface area contributed by atoms with Gasteiger partial charge in [-0.05, 0) is 6.42 Å². The fourth-order valence-corrected chi connectivity index (χ4v) is 1.28. The van der Waals surface area contributed by atoms with Gasteiger partial charge in [-0.1, -0.05) is 19.8 Å². The summed E-state index contributed by atoms with van der Waals surface area (Å²) in [5, 5.41) is 0. The molecule has 2 aliphatic heterocycles. The zero-order valence-corrected chi connectivity index (χ0v) is 7.75. The Bertz CT molecular complexity index is 210. The van der Waals surface area contributed by atoms with Gasteiger partial charge in [0.1, 0.15) is 6.61 Å². The highest BCUT2D eigenvalue weighted by atomic mass is 16.9. The first-order valence-corrected chi connectivity index (χ1v) is 4.77. The van der Waals surface area contributed by atoms with Gasteiger partial charge in [0, 0.05) is 0 Å². The standard InChI is InChI=1S/C9H14O4/c1-2-3-4-5-11-8(10)7-9(13-7)6-12-9/h7H,2-6H2,1H3. The second-order valence-corrected chi connectivity index (χ2v) is 3.47. The third kappa shape index (κ3) is 1.84. The molecule has 2 saturated heterocycles. The SMILES string of the molecule is CCCCCOC(=O)C1OC12CO2. The maximum atomic E-state index is 11.2. The van der Waals surface area contributed by atoms with Crippen molar-refractivity contribution in [1.29, 1.82) is 0 Å². The minimum Gasteiger partial charge on any atom is -0.464 e. The molecule has 0 aliphatic carbocycles. The van der Waals surface area contributed by atoms with E-state index in [2.05, 4.69) is 6.92 Å². The van der Waals surface area contributed by atoms with E-state index in [0.29, 0.717) is 13.2 Å². The summed E-state index contributed by atoms with van der Waals surface area (Å²) >= 11 is 0. The lowest BCUT2D eigenvalue weighted by molar-refractivity contribution is -0.145. The van der Waals surface area contributed by atoms with Crippen molar-refractivity contribution < 1.29 is 19.0 Å². The lowest BCUT2D eigenvalue weighted by Gasteiger charge is -2.00. The number of carbonyl (C=O) groups excluding carboxylic acids is 1. The van der Waals surface area contributed by atoms with Crippen LogP contribution in [0.1, 0.15) is 26.2 Å². The number of carbonyl (C=O) groups is 1. The second-order valence-electron chi connectivity index (χ2n) is 3.47. The minimum atomic E-state index is -0.540. The van der Waals surface area contributed by atoms with Crippen LogP contribution in [0, 0.1) is 0 Å². The number of esters is 1. The van der Waals surface area contributed by atoms with E-state index in [0.717, 1.165) is 19.3 Å². The first kappa shape index (κ1) is 8.97. The van der Waals surface area contributed by atoms with Gasteiger partial charge >= 0.3 is 5.97 Å². The van der Waals surface area contributed by atoms with Crippen molar-refractivity contribution in [2.45, 2.75) is 38.1 Å². The molecule has 2 atom stereocenters. The molecule has 0 aromatic heterocycles. The molecule has 4 heteroatoms. The van der Waals surface area contributed by atoms with Crippen molar-refractivity contribution in [2.24, 2.45) is 0 Å². The summed E-state index contributed by atoms with van der Waals surface area (Å²) in [6.07, 6.45) is 2.72. The predicted molar refractivity (Wildman–Crippen MR) is 44.0 cm³/mol. The van der Waals surface area contributed by atoms with Crippen LogP contribution in [-0.4, -0.2) is 31.1 Å². The molecule has 0 radical (unpaired) electrons. The third-order valence-electron chi connectivity index (χ3n) is 2.29. The normalized spacial score (nSPS) is 34.7. The van der Waals surface area contributed by atoms with Gasteiger partial charge in [-0.3, -0.25) is 0 Å². The molecule has 2 aliphatic rings. The molecule has 1 spiro atoms. The Labute approximate surface area is 77.1 Å². The zero-order valence-electron chi connectivity index (χ0n) is 7.75. The molecule has 0 aromatic carbocycles. The van der Waals surface area contributed by atoms with E-state index in [1.54, 1.807) is 0 Å². The molecule has 4 nitrogen and oxygen atoms in total. The van der Waals surface area contributed by atoms with Gasteiger partial charge in [0.25, 0.3) is 0 Å². The first-order valence-electron chi connectivity index (χ1n) is 4.77. The van der Waals surface area contributed by atoms with Crippen LogP contribution in [0.3, 0.4) is 0 Å². The second kappa shape index (κ2) is 3.27. The van der Waals surface area contributed by atoms with E-state index >= 15 is 0 Å². The maximum Gasteiger partial charge on any atom is 0.341 e. The average Bonchev–Trinajstić information content (AvgIpc) is 3.02. The number of rotatable bonds is 5. The quantitative estimate of drug-likeness (QED) is 0.363. The molecule has 0 N–H and O–H groups in total. The molecule has 74 valence electrons. The highest BCUT2D eigenvalue weighted by Gasteiger charge is 2.73. The van der Waals surface area contributed by atoms with Crippen LogP contribution in [0.5, 0.6) is 0 Å². The largest absolute Gasteiger partial charge is 0.464 e. The van der Waals surface area contributed by atoms with Crippen molar-refractivity contribution >= 4 is 5.97 Å². The van der Waals surface area contributed by atoms with E-state index in [-0.39, 0.29) is 5.97 Å². The van der Waals surface area contributed by atoms with Crippen LogP contribution in [0.2, 0.25) is 0 Å². The van der Waals surface area contributed by atoms with Crippen molar-refractivity contribution in [3.05, 3.63) is 0 Å². The molecular weight excluding hydrogens is 172 g/mol. The molecule has 2 heterocycles. The van der Waals surface area contributed by atoms with Crippen LogP contribution in [-0.2, 0) is 19.0 Å². The summed E-state index contributed by atoms with van der Waals surface area (Å²) < 4.78 is 15.0. The Hall–Kier alpha value is -0.610. The van der Waals surface area contributed by atoms with E-state index in [9.17, 15) is 4.79 Å². The highest BCUT2D eigenvalue weighted by Crippen LogP contribution is 2.49. The van der Waals surface area contributed by atoms with E-state index in [1.807, 2.05) is 0 Å². The molecule has 0 aromatic rings. The molecule has 2 fully saturated rings. The summed E-state index contributed by atoms with van der Waals surface area (Å²) in [5.41, 5.74) is 0. The van der Waals surface area contributed by atoms with Crippen LogP contribution >= 0.6 is 0 Å². The highest BCUT2D eigenvalue weighted by molar-refractivity contribution is 5.79. The number of ether oxygens (including phenoxy) is 3. The van der Waals surface area contributed by atoms with Crippen LogP contribution in [0.25, 0.3) is 0 Å². The van der Waals surface area contributed by atoms with Gasteiger partial charge in [0.05, 0.1) is 6.61 Å². The van der Waals surface area contributed by atoms with E-state index < -0.39 is 11.9 Å². The van der Waals surface area contributed by atoms with Gasteiger partial charge in [0.2, 0.25) is 11.9 Å². The topological polar surface area (TPSA) is 51.4 Å². The molecular formula is C9H14O4. The van der Waals surface area contributed by atoms with Gasteiger partial charge < -0.3 is 14.2 Å². The summed E-state index contributed by atoms with van der Waals surface area (Å²) in [5.74, 6) is -0.810. The monoisotopic (exact) mass is 186 g/mol. The van der Waals surface area contributed by atoms with Gasteiger partial charge in [0.15, 0.2) is 0 Å². The number of epoxide rings is 2. The van der Waals surface area contributed by atoms with Gasteiger partial charge in [-0.2, -0.15) is 0 Å². The maximum absolute atomic E-state index is 11.2. The van der Waals surface area contributed by atoms with Crippen molar-refractivity contribution in [2.75, 3.05) is 13.2 Å². The van der Waals surface area contributed by atoms with Crippen molar-refractivity contribution in [3.63, 3.8) is 0 Å². The smallest absolute Gasteiger partial charge is 0.341 e. The fourth-order valence-electron chi connectivity index (χ4n) is 1.28. The summed E-state index contributed by atoms with van der Waals surface area (Å²) in [4.78, 5) is 11.2. The lowest BCUT2D eigenvalue weighted by Crippen LogP contribution is -2.15. The lowest BCUT2D eigenvalue weighted by atomic mass is 10.3. The average molecular weight is 186 g/mol. The van der Waals surface area contributed by atoms with Crippen molar-refractivity contribution in [3.8, 4) is 0 Å². The minimum absolute atomic E-state index is 0.270. The van der Waals surface area contributed by atoms with Crippen LogP contribution in [0.4, 0.5) is 0 Å². The van der Waals surface area contributed by atoms with E-state index in [1.165, 1.54) is 0 Å². The molecule has 2 rings (SSSR count). The molecule has 13 heavy (non-hydrogen) atoms. The molecule has 0 saturated carbocycles. The Kier molecular flexibility index (Phi) is 2.26. The first-order chi connectivity index (χ1) is 6.28. The van der Waals surface area contributed by atoms with Crippen LogP contribution in [0.15, 0.2) is 0 Å². The Morgan fingerprint density at radius 2 is 2.38 bits per heavy atom. The number of hydrogen-bond acceptors (Lipinski definition) is 4. The zero-order chi connectivity index (χ0) is 9.31.